The number of hydrogen-bond acceptors (Lipinski definition) is 3. The maximum absolute atomic E-state index is 5.85. The predicted octanol–water partition coefficient (Wildman–Crippen LogP) is 1.23. The summed E-state index contributed by atoms with van der Waals surface area (Å²) in [5.41, 5.74) is 5.98. The average Bonchev–Trinajstić information content (AvgIpc) is 2.67. The fraction of sp³-hybridized carbons (Fsp3) is 1.00. The van der Waals surface area contributed by atoms with E-state index in [1.165, 1.54) is 19.3 Å². The zero-order valence-corrected chi connectivity index (χ0v) is 9.59. The molecular weight excluding hydrogens is 176 g/mol. The van der Waals surface area contributed by atoms with Gasteiger partial charge in [0.1, 0.15) is 0 Å². The van der Waals surface area contributed by atoms with Crippen molar-refractivity contribution in [2.75, 3.05) is 33.4 Å². The summed E-state index contributed by atoms with van der Waals surface area (Å²) < 4.78 is 5.46. The number of rotatable bonds is 6. The lowest BCUT2D eigenvalue weighted by atomic mass is 9.96. The van der Waals surface area contributed by atoms with Crippen LogP contribution in [0.5, 0.6) is 0 Å². The lowest BCUT2D eigenvalue weighted by Gasteiger charge is -2.36. The second kappa shape index (κ2) is 5.69. The van der Waals surface area contributed by atoms with Crippen LogP contribution in [0.3, 0.4) is 0 Å². The molecule has 0 radical (unpaired) electrons. The summed E-state index contributed by atoms with van der Waals surface area (Å²) in [6.45, 7) is 5.78. The first-order valence-corrected chi connectivity index (χ1v) is 5.74. The Morgan fingerprint density at radius 3 is 2.71 bits per heavy atom. The van der Waals surface area contributed by atoms with Gasteiger partial charge in [0, 0.05) is 13.2 Å². The van der Waals surface area contributed by atoms with Gasteiger partial charge in [0.15, 0.2) is 0 Å². The minimum atomic E-state index is 0.133. The van der Waals surface area contributed by atoms with Crippen molar-refractivity contribution in [2.24, 2.45) is 5.73 Å². The lowest BCUT2D eigenvalue weighted by molar-refractivity contribution is 0.0923. The van der Waals surface area contributed by atoms with E-state index in [9.17, 15) is 0 Å². The van der Waals surface area contributed by atoms with Crippen LogP contribution >= 0.6 is 0 Å². The SMILES string of the molecule is CCCCCN(C)C1(CN)CCOC1. The molecule has 3 heteroatoms. The summed E-state index contributed by atoms with van der Waals surface area (Å²) in [6, 6.07) is 0. The molecule has 0 aliphatic carbocycles. The molecular formula is C11H24N2O. The molecule has 1 aliphatic rings. The predicted molar refractivity (Wildman–Crippen MR) is 59.4 cm³/mol. The third-order valence-electron chi connectivity index (χ3n) is 3.37. The highest BCUT2D eigenvalue weighted by Gasteiger charge is 2.36. The molecule has 1 saturated heterocycles. The zero-order valence-electron chi connectivity index (χ0n) is 9.59. The molecule has 1 atom stereocenters. The Bertz CT molecular complexity index is 155. The third-order valence-corrected chi connectivity index (χ3v) is 3.37. The van der Waals surface area contributed by atoms with Crippen molar-refractivity contribution in [3.8, 4) is 0 Å². The van der Waals surface area contributed by atoms with Gasteiger partial charge < -0.3 is 10.5 Å². The molecule has 2 N–H and O–H groups in total. The van der Waals surface area contributed by atoms with Crippen molar-refractivity contribution in [1.82, 2.24) is 4.90 Å². The molecule has 0 amide bonds. The smallest absolute Gasteiger partial charge is 0.0663 e. The Morgan fingerprint density at radius 1 is 1.43 bits per heavy atom. The summed E-state index contributed by atoms with van der Waals surface area (Å²) in [6.07, 6.45) is 4.95. The van der Waals surface area contributed by atoms with Crippen LogP contribution in [0.25, 0.3) is 0 Å². The van der Waals surface area contributed by atoms with Crippen LogP contribution in [0.15, 0.2) is 0 Å². The fourth-order valence-electron chi connectivity index (χ4n) is 2.05. The van der Waals surface area contributed by atoms with Crippen LogP contribution in [0.1, 0.15) is 32.6 Å². The highest BCUT2D eigenvalue weighted by Crippen LogP contribution is 2.24. The molecule has 1 heterocycles. The normalized spacial score (nSPS) is 27.4. The summed E-state index contributed by atoms with van der Waals surface area (Å²) in [4.78, 5) is 2.40. The topological polar surface area (TPSA) is 38.5 Å². The lowest BCUT2D eigenvalue weighted by Crippen LogP contribution is -2.53. The fourth-order valence-corrected chi connectivity index (χ4v) is 2.05. The standard InChI is InChI=1S/C11H24N2O/c1-3-4-5-7-13(2)11(9-12)6-8-14-10-11/h3-10,12H2,1-2H3. The van der Waals surface area contributed by atoms with Gasteiger partial charge in [0.05, 0.1) is 12.1 Å². The van der Waals surface area contributed by atoms with Gasteiger partial charge >= 0.3 is 0 Å². The summed E-state index contributed by atoms with van der Waals surface area (Å²) in [5.74, 6) is 0. The summed E-state index contributed by atoms with van der Waals surface area (Å²) in [7, 11) is 2.18. The first-order chi connectivity index (χ1) is 6.75. The first kappa shape index (κ1) is 12.0. The van der Waals surface area contributed by atoms with Gasteiger partial charge in [0.25, 0.3) is 0 Å². The Balaban J connectivity index is 2.35. The zero-order chi connectivity index (χ0) is 10.4. The molecule has 0 aromatic rings. The molecule has 1 rings (SSSR count). The van der Waals surface area contributed by atoms with E-state index in [0.717, 1.165) is 32.7 Å². The molecule has 0 aromatic carbocycles. The molecule has 14 heavy (non-hydrogen) atoms. The number of likely N-dealkylation sites (N-methyl/N-ethyl adjacent to an activating group) is 1. The van der Waals surface area contributed by atoms with E-state index < -0.39 is 0 Å². The Hall–Kier alpha value is -0.120. The second-order valence-electron chi connectivity index (χ2n) is 4.36. The minimum Gasteiger partial charge on any atom is -0.379 e. The van der Waals surface area contributed by atoms with E-state index in [0.29, 0.717) is 0 Å². The van der Waals surface area contributed by atoms with Crippen LogP contribution in [-0.4, -0.2) is 43.8 Å². The third kappa shape index (κ3) is 2.69. The summed E-state index contributed by atoms with van der Waals surface area (Å²) in [5, 5.41) is 0. The minimum absolute atomic E-state index is 0.133. The number of hydrogen-bond donors (Lipinski definition) is 1. The van der Waals surface area contributed by atoms with Crippen molar-refractivity contribution < 1.29 is 4.74 Å². The highest BCUT2D eigenvalue weighted by atomic mass is 16.5. The van der Waals surface area contributed by atoms with Gasteiger partial charge in [-0.05, 0) is 26.4 Å². The van der Waals surface area contributed by atoms with Crippen LogP contribution in [-0.2, 0) is 4.74 Å². The van der Waals surface area contributed by atoms with Crippen molar-refractivity contribution in [1.29, 1.82) is 0 Å². The van der Waals surface area contributed by atoms with E-state index in [2.05, 4.69) is 18.9 Å². The quantitative estimate of drug-likeness (QED) is 0.655. The Labute approximate surface area is 87.6 Å². The van der Waals surface area contributed by atoms with E-state index >= 15 is 0 Å². The molecule has 3 nitrogen and oxygen atoms in total. The van der Waals surface area contributed by atoms with Crippen LogP contribution in [0.2, 0.25) is 0 Å². The van der Waals surface area contributed by atoms with Crippen LogP contribution in [0.4, 0.5) is 0 Å². The van der Waals surface area contributed by atoms with Gasteiger partial charge in [-0.3, -0.25) is 4.90 Å². The Morgan fingerprint density at radius 2 is 2.21 bits per heavy atom. The molecule has 1 unspecified atom stereocenters. The number of nitrogens with two attached hydrogens (primary N) is 1. The number of unbranched alkanes of at least 4 members (excludes halogenated alkanes) is 2. The molecule has 84 valence electrons. The van der Waals surface area contributed by atoms with Crippen LogP contribution < -0.4 is 5.73 Å². The molecule has 0 spiro atoms. The van der Waals surface area contributed by atoms with Crippen molar-refractivity contribution in [3.05, 3.63) is 0 Å². The van der Waals surface area contributed by atoms with Gasteiger partial charge in [0.2, 0.25) is 0 Å². The second-order valence-corrected chi connectivity index (χ2v) is 4.36. The van der Waals surface area contributed by atoms with E-state index in [-0.39, 0.29) is 5.54 Å². The largest absolute Gasteiger partial charge is 0.379 e. The maximum Gasteiger partial charge on any atom is 0.0663 e. The van der Waals surface area contributed by atoms with Gasteiger partial charge in [-0.25, -0.2) is 0 Å². The molecule has 1 aliphatic heterocycles. The van der Waals surface area contributed by atoms with E-state index in [1.807, 2.05) is 0 Å². The number of ether oxygens (including phenoxy) is 1. The van der Waals surface area contributed by atoms with E-state index in [1.54, 1.807) is 0 Å². The molecule has 0 aromatic heterocycles. The van der Waals surface area contributed by atoms with Crippen molar-refractivity contribution in [2.45, 2.75) is 38.1 Å². The van der Waals surface area contributed by atoms with Crippen molar-refractivity contribution in [3.63, 3.8) is 0 Å². The van der Waals surface area contributed by atoms with Crippen LogP contribution in [0, 0.1) is 0 Å². The molecule has 1 fully saturated rings. The van der Waals surface area contributed by atoms with Gasteiger partial charge in [-0.15, -0.1) is 0 Å². The van der Waals surface area contributed by atoms with E-state index in [4.69, 9.17) is 10.5 Å². The first-order valence-electron chi connectivity index (χ1n) is 5.74. The molecule has 0 bridgehead atoms. The highest BCUT2D eigenvalue weighted by molar-refractivity contribution is 4.93. The van der Waals surface area contributed by atoms with Gasteiger partial charge in [-0.2, -0.15) is 0 Å². The molecule has 0 saturated carbocycles. The average molecular weight is 200 g/mol. The monoisotopic (exact) mass is 200 g/mol. The maximum atomic E-state index is 5.85. The van der Waals surface area contributed by atoms with Crippen molar-refractivity contribution >= 4 is 0 Å². The summed E-state index contributed by atoms with van der Waals surface area (Å²) >= 11 is 0. The number of nitrogens with zero attached hydrogens (tertiary/aromatic N) is 1. The Kier molecular flexibility index (Phi) is 4.85. The van der Waals surface area contributed by atoms with Gasteiger partial charge in [-0.1, -0.05) is 19.8 Å².